The smallest absolute Gasteiger partial charge is 0.319 e. The third-order valence-corrected chi connectivity index (χ3v) is 3.30. The van der Waals surface area contributed by atoms with Crippen molar-refractivity contribution in [3.63, 3.8) is 0 Å². The van der Waals surface area contributed by atoms with E-state index in [1.54, 1.807) is 0 Å². The molecule has 0 bridgehead atoms. The molecule has 0 spiro atoms. The van der Waals surface area contributed by atoms with Crippen LogP contribution < -0.4 is 10.6 Å². The van der Waals surface area contributed by atoms with Crippen molar-refractivity contribution in [2.75, 3.05) is 11.9 Å². The van der Waals surface area contributed by atoms with Gasteiger partial charge in [0.2, 0.25) is 0 Å². The second-order valence-electron chi connectivity index (χ2n) is 4.55. The number of hydrogen-bond donors (Lipinski definition) is 2. The lowest BCUT2D eigenvalue weighted by Gasteiger charge is -2.12. The van der Waals surface area contributed by atoms with E-state index in [4.69, 9.17) is 4.84 Å². The van der Waals surface area contributed by atoms with Gasteiger partial charge in [0.1, 0.15) is 4.62 Å². The first-order valence-corrected chi connectivity index (χ1v) is 6.84. The number of nitrogens with zero attached hydrogens (tertiary/aromatic N) is 1. The minimum Gasteiger partial charge on any atom is -0.390 e. The minimum absolute atomic E-state index is 0.0984. The summed E-state index contributed by atoms with van der Waals surface area (Å²) in [6, 6.07) is 5.70. The van der Waals surface area contributed by atoms with Gasteiger partial charge in [0, 0.05) is 12.1 Å². The molecule has 1 aliphatic rings. The highest BCUT2D eigenvalue weighted by molar-refractivity contribution is 9.18. The molecule has 2 amide bonds. The van der Waals surface area contributed by atoms with Crippen molar-refractivity contribution in [1.82, 2.24) is 5.32 Å². The summed E-state index contributed by atoms with van der Waals surface area (Å²) in [4.78, 5) is 16.9. The van der Waals surface area contributed by atoms with Crippen molar-refractivity contribution in [1.29, 1.82) is 0 Å². The first-order chi connectivity index (χ1) is 9.04. The van der Waals surface area contributed by atoms with Crippen LogP contribution >= 0.6 is 15.9 Å². The molecule has 0 aliphatic carbocycles. The summed E-state index contributed by atoms with van der Waals surface area (Å²) in [5, 5.41) is 9.37. The second kappa shape index (κ2) is 6.06. The largest absolute Gasteiger partial charge is 0.390 e. The highest BCUT2D eigenvalue weighted by Gasteiger charge is 2.19. The zero-order valence-corrected chi connectivity index (χ0v) is 12.5. The molecule has 0 saturated carbocycles. The average Bonchev–Trinajstić information content (AvgIpc) is 2.77. The predicted molar refractivity (Wildman–Crippen MR) is 78.8 cm³/mol. The summed E-state index contributed by atoms with van der Waals surface area (Å²) >= 11 is 3.25. The van der Waals surface area contributed by atoms with Gasteiger partial charge in [0.15, 0.2) is 6.10 Å². The van der Waals surface area contributed by atoms with Crippen LogP contribution in [0.25, 0.3) is 0 Å². The highest BCUT2D eigenvalue weighted by Crippen LogP contribution is 2.16. The molecular weight excluding hydrogens is 310 g/mol. The molecule has 19 heavy (non-hydrogen) atoms. The van der Waals surface area contributed by atoms with Gasteiger partial charge in [-0.15, -0.1) is 0 Å². The minimum atomic E-state index is -0.236. The van der Waals surface area contributed by atoms with E-state index in [0.29, 0.717) is 13.0 Å². The van der Waals surface area contributed by atoms with Crippen molar-refractivity contribution >= 4 is 32.3 Å². The number of benzene rings is 1. The van der Waals surface area contributed by atoms with E-state index >= 15 is 0 Å². The predicted octanol–water partition coefficient (Wildman–Crippen LogP) is 2.92. The first-order valence-electron chi connectivity index (χ1n) is 6.05. The second-order valence-corrected chi connectivity index (χ2v) is 5.47. The average molecular weight is 326 g/mol. The van der Waals surface area contributed by atoms with Crippen LogP contribution in [0.1, 0.15) is 17.5 Å². The zero-order chi connectivity index (χ0) is 13.8. The number of nitrogens with one attached hydrogen (secondary N) is 2. The number of urea groups is 1. The SMILES string of the molecule is Cc1ccc(C)c(NC(=O)NCC2CC(Br)=NO2)c1. The zero-order valence-electron chi connectivity index (χ0n) is 10.9. The maximum Gasteiger partial charge on any atom is 0.319 e. The van der Waals surface area contributed by atoms with Crippen LogP contribution in [-0.2, 0) is 4.84 Å². The Morgan fingerprint density at radius 2 is 2.32 bits per heavy atom. The molecule has 1 aromatic rings. The molecule has 1 heterocycles. The van der Waals surface area contributed by atoms with Gasteiger partial charge in [-0.1, -0.05) is 17.3 Å². The van der Waals surface area contributed by atoms with E-state index in [9.17, 15) is 4.79 Å². The Morgan fingerprint density at radius 1 is 1.53 bits per heavy atom. The number of rotatable bonds is 3. The fourth-order valence-electron chi connectivity index (χ4n) is 1.75. The molecule has 0 saturated heterocycles. The standard InChI is InChI=1S/C13H16BrN3O2/c1-8-3-4-9(2)11(5-8)16-13(18)15-7-10-6-12(14)17-19-10/h3-5,10H,6-7H2,1-2H3,(H2,15,16,18). The lowest BCUT2D eigenvalue weighted by Crippen LogP contribution is -2.35. The molecule has 1 aliphatic heterocycles. The van der Waals surface area contributed by atoms with Crippen LogP contribution in [-0.4, -0.2) is 23.3 Å². The van der Waals surface area contributed by atoms with Crippen molar-refractivity contribution in [2.45, 2.75) is 26.4 Å². The van der Waals surface area contributed by atoms with Crippen LogP contribution in [0, 0.1) is 13.8 Å². The molecule has 2 N–H and O–H groups in total. The Balaban J connectivity index is 1.83. The van der Waals surface area contributed by atoms with Gasteiger partial charge in [0.25, 0.3) is 0 Å². The van der Waals surface area contributed by atoms with Crippen LogP contribution in [0.15, 0.2) is 23.4 Å². The summed E-state index contributed by atoms with van der Waals surface area (Å²) in [5.74, 6) is 0. The van der Waals surface area contributed by atoms with Gasteiger partial charge in [-0.2, -0.15) is 0 Å². The van der Waals surface area contributed by atoms with Crippen molar-refractivity contribution in [2.24, 2.45) is 5.16 Å². The number of halogens is 1. The number of carbonyl (C=O) groups excluding carboxylic acids is 1. The summed E-state index contributed by atoms with van der Waals surface area (Å²) in [5.41, 5.74) is 2.96. The van der Waals surface area contributed by atoms with E-state index in [2.05, 4.69) is 31.7 Å². The molecule has 0 aromatic heterocycles. The normalized spacial score (nSPS) is 17.6. The fourth-order valence-corrected chi connectivity index (χ4v) is 2.19. The van der Waals surface area contributed by atoms with Gasteiger partial charge in [-0.3, -0.25) is 0 Å². The monoisotopic (exact) mass is 325 g/mol. The van der Waals surface area contributed by atoms with Gasteiger partial charge >= 0.3 is 6.03 Å². The number of aryl methyl sites for hydroxylation is 2. The number of hydrogen-bond acceptors (Lipinski definition) is 3. The first kappa shape index (κ1) is 13.9. The Hall–Kier alpha value is -1.56. The van der Waals surface area contributed by atoms with Gasteiger partial charge in [-0.05, 0) is 47.0 Å². The van der Waals surface area contributed by atoms with E-state index in [1.807, 2.05) is 32.0 Å². The molecule has 1 aromatic carbocycles. The molecule has 102 valence electrons. The van der Waals surface area contributed by atoms with Crippen molar-refractivity contribution in [3.05, 3.63) is 29.3 Å². The van der Waals surface area contributed by atoms with Crippen LogP contribution in [0.2, 0.25) is 0 Å². The highest BCUT2D eigenvalue weighted by atomic mass is 79.9. The lowest BCUT2D eigenvalue weighted by molar-refractivity contribution is 0.0870. The maximum atomic E-state index is 11.8. The Morgan fingerprint density at radius 3 is 3.00 bits per heavy atom. The molecule has 2 rings (SSSR count). The van der Waals surface area contributed by atoms with Gasteiger partial charge < -0.3 is 15.5 Å². The lowest BCUT2D eigenvalue weighted by atomic mass is 10.1. The molecule has 6 heteroatoms. The summed E-state index contributed by atoms with van der Waals surface area (Å²) in [6.45, 7) is 4.37. The quantitative estimate of drug-likeness (QED) is 0.897. The Labute approximate surface area is 120 Å². The van der Waals surface area contributed by atoms with Crippen molar-refractivity contribution in [3.8, 4) is 0 Å². The van der Waals surface area contributed by atoms with Crippen molar-refractivity contribution < 1.29 is 9.63 Å². The van der Waals surface area contributed by atoms with E-state index in [1.165, 1.54) is 0 Å². The summed E-state index contributed by atoms with van der Waals surface area (Å²) in [7, 11) is 0. The van der Waals surface area contributed by atoms with Gasteiger partial charge in [-0.25, -0.2) is 4.79 Å². The molecule has 0 radical (unpaired) electrons. The maximum absolute atomic E-state index is 11.8. The number of amides is 2. The molecule has 5 nitrogen and oxygen atoms in total. The fraction of sp³-hybridized carbons (Fsp3) is 0.385. The Bertz CT molecular complexity index is 517. The topological polar surface area (TPSA) is 62.7 Å². The third kappa shape index (κ3) is 3.96. The molecule has 0 fully saturated rings. The van der Waals surface area contributed by atoms with Crippen LogP contribution in [0.4, 0.5) is 10.5 Å². The van der Waals surface area contributed by atoms with Gasteiger partial charge in [0.05, 0.1) is 6.54 Å². The molecule has 1 atom stereocenters. The van der Waals surface area contributed by atoms with E-state index < -0.39 is 0 Å². The molecular formula is C13H16BrN3O2. The number of anilines is 1. The van der Waals surface area contributed by atoms with E-state index in [-0.39, 0.29) is 12.1 Å². The number of carbonyl (C=O) groups is 1. The van der Waals surface area contributed by atoms with Crippen LogP contribution in [0.5, 0.6) is 0 Å². The third-order valence-electron chi connectivity index (χ3n) is 2.83. The summed E-state index contributed by atoms with van der Waals surface area (Å²) in [6.07, 6.45) is 0.586. The molecule has 1 unspecified atom stereocenters. The number of oxime groups is 1. The van der Waals surface area contributed by atoms with E-state index in [0.717, 1.165) is 21.4 Å². The Kier molecular flexibility index (Phi) is 4.42. The summed E-state index contributed by atoms with van der Waals surface area (Å²) < 4.78 is 0.772. The van der Waals surface area contributed by atoms with Crippen LogP contribution in [0.3, 0.4) is 0 Å².